The van der Waals surface area contributed by atoms with Gasteiger partial charge in [-0.05, 0) is 122 Å². The van der Waals surface area contributed by atoms with Crippen LogP contribution in [0.5, 0.6) is 0 Å². The number of aromatic nitrogens is 1. The molecule has 2 heteroatoms. The van der Waals surface area contributed by atoms with Crippen LogP contribution in [0.15, 0.2) is 243 Å². The second-order valence-electron chi connectivity index (χ2n) is 17.2. The Hall–Kier alpha value is -7.94. The number of hydrogen-bond donors (Lipinski definition) is 0. The largest absolute Gasteiger partial charge is 0.333 e. The van der Waals surface area contributed by atoms with Gasteiger partial charge in [0, 0.05) is 33.8 Å². The normalized spacial score (nSPS) is 16.5. The van der Waals surface area contributed by atoms with Gasteiger partial charge in [0.15, 0.2) is 0 Å². The maximum atomic E-state index is 2.54. The van der Waals surface area contributed by atoms with E-state index in [1.807, 2.05) is 0 Å². The van der Waals surface area contributed by atoms with Gasteiger partial charge in [-0.1, -0.05) is 182 Å². The maximum absolute atomic E-state index is 2.54. The van der Waals surface area contributed by atoms with Crippen LogP contribution in [0, 0.1) is 0 Å². The summed E-state index contributed by atoms with van der Waals surface area (Å²) >= 11 is 0. The summed E-state index contributed by atoms with van der Waals surface area (Å²) in [5.41, 5.74) is 19.6. The number of nitrogens with zero attached hydrogens (tertiary/aromatic N) is 2. The molecule has 0 radical (unpaired) electrons. The summed E-state index contributed by atoms with van der Waals surface area (Å²) in [6.07, 6.45) is 9.17. The zero-order chi connectivity index (χ0) is 41.5. The molecule has 2 nitrogen and oxygen atoms in total. The van der Waals surface area contributed by atoms with Crippen molar-refractivity contribution in [2.45, 2.75) is 17.4 Å². The SMILES string of the molecule is C1=CC2c3cc(-c4ccc5c(c4)c4cc(C6(c7ccccc7)c7ccccc7-c7ccccc76)ccc4n5-c4ccccc4)ccc3N(c3cccc(-c4ccccc4)c3)C2C=C1. The quantitative estimate of drug-likeness (QED) is 0.163. The van der Waals surface area contributed by atoms with Crippen LogP contribution >= 0.6 is 0 Å². The standard InChI is InChI=1S/C61H42N2/c1-4-17-41(18-5-1)42-19-16-24-48(37-42)63-57-30-15-12-27-51(57)52-38-43(31-34-58(52)63)44-32-35-59-53(39-44)54-40-46(33-36-60(54)62(59)47-22-8-3-9-23-47)61(45-20-6-2-7-21-45)55-28-13-10-25-49(55)50-26-11-14-29-56(50)61/h1-40,51,57H. The zero-order valence-corrected chi connectivity index (χ0v) is 34.6. The van der Waals surface area contributed by atoms with Crippen molar-refractivity contribution in [2.24, 2.45) is 0 Å². The van der Waals surface area contributed by atoms with Gasteiger partial charge in [-0.15, -0.1) is 0 Å². The number of fused-ring (bicyclic) bond motifs is 9. The summed E-state index contributed by atoms with van der Waals surface area (Å²) in [6, 6.07) is 81.4. The summed E-state index contributed by atoms with van der Waals surface area (Å²) in [5, 5.41) is 2.49. The van der Waals surface area contributed by atoms with E-state index in [9.17, 15) is 0 Å². The molecule has 0 saturated heterocycles. The predicted octanol–water partition coefficient (Wildman–Crippen LogP) is 15.2. The fourth-order valence-electron chi connectivity index (χ4n) is 11.3. The van der Waals surface area contributed by atoms with Crippen molar-refractivity contribution in [1.29, 1.82) is 0 Å². The molecule has 0 spiro atoms. The van der Waals surface area contributed by atoms with Gasteiger partial charge >= 0.3 is 0 Å². The fraction of sp³-hybridized carbons (Fsp3) is 0.0492. The average Bonchev–Trinajstić information content (AvgIpc) is 3.98. The Morgan fingerprint density at radius 2 is 0.952 bits per heavy atom. The highest BCUT2D eigenvalue weighted by Gasteiger charge is 2.46. The van der Waals surface area contributed by atoms with E-state index >= 15 is 0 Å². The smallest absolute Gasteiger partial charge is 0.0713 e. The van der Waals surface area contributed by atoms with E-state index in [-0.39, 0.29) is 12.0 Å². The first-order valence-corrected chi connectivity index (χ1v) is 22.1. The number of benzene rings is 9. The van der Waals surface area contributed by atoms with Crippen LogP contribution < -0.4 is 4.90 Å². The molecule has 2 unspecified atom stereocenters. The van der Waals surface area contributed by atoms with Crippen molar-refractivity contribution in [3.05, 3.63) is 271 Å². The Labute approximate surface area is 368 Å². The number of para-hydroxylation sites is 1. The fourth-order valence-corrected chi connectivity index (χ4v) is 11.3. The molecule has 1 aliphatic heterocycles. The van der Waals surface area contributed by atoms with Gasteiger partial charge in [0.05, 0.1) is 22.5 Å². The van der Waals surface area contributed by atoms with Crippen molar-refractivity contribution >= 4 is 33.2 Å². The van der Waals surface area contributed by atoms with Crippen LogP contribution in [-0.2, 0) is 5.41 Å². The third-order valence-electron chi connectivity index (χ3n) is 14.0. The van der Waals surface area contributed by atoms with Crippen LogP contribution in [0.1, 0.15) is 33.7 Å². The second kappa shape index (κ2) is 14.1. The van der Waals surface area contributed by atoms with Gasteiger partial charge in [-0.25, -0.2) is 0 Å². The lowest BCUT2D eigenvalue weighted by Gasteiger charge is -2.34. The van der Waals surface area contributed by atoms with Gasteiger partial charge in [-0.2, -0.15) is 0 Å². The first-order valence-electron chi connectivity index (χ1n) is 22.1. The lowest BCUT2D eigenvalue weighted by atomic mass is 9.67. The van der Waals surface area contributed by atoms with Crippen molar-refractivity contribution in [1.82, 2.24) is 4.57 Å². The molecule has 10 aromatic rings. The Morgan fingerprint density at radius 1 is 0.381 bits per heavy atom. The Bertz CT molecular complexity index is 3420. The molecule has 9 aromatic carbocycles. The summed E-state index contributed by atoms with van der Waals surface area (Å²) in [6.45, 7) is 0. The van der Waals surface area contributed by atoms with Crippen molar-refractivity contribution in [3.63, 3.8) is 0 Å². The maximum Gasteiger partial charge on any atom is 0.0713 e. The highest BCUT2D eigenvalue weighted by molar-refractivity contribution is 6.11. The molecule has 3 aliphatic rings. The molecule has 63 heavy (non-hydrogen) atoms. The Morgan fingerprint density at radius 3 is 1.71 bits per heavy atom. The highest BCUT2D eigenvalue weighted by atomic mass is 15.2. The van der Waals surface area contributed by atoms with Crippen LogP contribution in [-0.4, -0.2) is 10.6 Å². The van der Waals surface area contributed by atoms with E-state index in [2.05, 4.69) is 252 Å². The first-order chi connectivity index (χ1) is 31.3. The van der Waals surface area contributed by atoms with Crippen LogP contribution in [0.25, 0.3) is 60.9 Å². The highest BCUT2D eigenvalue weighted by Crippen LogP contribution is 2.57. The molecule has 0 bridgehead atoms. The molecule has 296 valence electrons. The molecule has 2 heterocycles. The lowest BCUT2D eigenvalue weighted by Crippen LogP contribution is -2.28. The van der Waals surface area contributed by atoms with Crippen molar-refractivity contribution in [3.8, 4) is 39.1 Å². The Kier molecular flexibility index (Phi) is 7.98. The van der Waals surface area contributed by atoms with E-state index < -0.39 is 5.41 Å². The molecule has 2 aliphatic carbocycles. The van der Waals surface area contributed by atoms with Gasteiger partial charge in [0.1, 0.15) is 0 Å². The minimum atomic E-state index is -0.480. The average molecular weight is 803 g/mol. The van der Waals surface area contributed by atoms with Crippen molar-refractivity contribution in [2.75, 3.05) is 4.90 Å². The van der Waals surface area contributed by atoms with Gasteiger partial charge in [0.25, 0.3) is 0 Å². The van der Waals surface area contributed by atoms with E-state index in [0.717, 1.165) is 5.69 Å². The third-order valence-corrected chi connectivity index (χ3v) is 14.0. The van der Waals surface area contributed by atoms with E-state index in [4.69, 9.17) is 0 Å². The summed E-state index contributed by atoms with van der Waals surface area (Å²) in [4.78, 5) is 2.54. The molecule has 13 rings (SSSR count). The van der Waals surface area contributed by atoms with Crippen LogP contribution in [0.4, 0.5) is 11.4 Å². The van der Waals surface area contributed by atoms with E-state index in [1.165, 1.54) is 94.4 Å². The number of anilines is 2. The summed E-state index contributed by atoms with van der Waals surface area (Å²) < 4.78 is 2.44. The van der Waals surface area contributed by atoms with Gasteiger partial charge in [0.2, 0.25) is 0 Å². The van der Waals surface area contributed by atoms with E-state index in [0.29, 0.717) is 0 Å². The summed E-state index contributed by atoms with van der Waals surface area (Å²) in [7, 11) is 0. The molecular weight excluding hydrogens is 761 g/mol. The molecule has 0 fully saturated rings. The predicted molar refractivity (Wildman–Crippen MR) is 262 cm³/mol. The monoisotopic (exact) mass is 802 g/mol. The van der Waals surface area contributed by atoms with E-state index in [1.54, 1.807) is 0 Å². The summed E-state index contributed by atoms with van der Waals surface area (Å²) in [5.74, 6) is 0.253. The molecule has 0 amide bonds. The van der Waals surface area contributed by atoms with Crippen LogP contribution in [0.2, 0.25) is 0 Å². The first kappa shape index (κ1) is 35.8. The van der Waals surface area contributed by atoms with Crippen LogP contribution in [0.3, 0.4) is 0 Å². The number of rotatable bonds is 6. The van der Waals surface area contributed by atoms with Gasteiger partial charge < -0.3 is 9.47 Å². The van der Waals surface area contributed by atoms with Crippen molar-refractivity contribution < 1.29 is 0 Å². The topological polar surface area (TPSA) is 8.17 Å². The minimum absolute atomic E-state index is 0.207. The molecule has 0 N–H and O–H groups in total. The molecule has 1 aromatic heterocycles. The van der Waals surface area contributed by atoms with Gasteiger partial charge in [-0.3, -0.25) is 0 Å². The third kappa shape index (κ3) is 5.31. The molecule has 2 atom stereocenters. The lowest BCUT2D eigenvalue weighted by molar-refractivity contribution is 0.745. The Balaban J connectivity index is 1.00. The minimum Gasteiger partial charge on any atom is -0.333 e. The molecular formula is C61H42N2. The number of allylic oxidation sites excluding steroid dienone is 2. The zero-order valence-electron chi connectivity index (χ0n) is 34.6. The number of hydrogen-bond acceptors (Lipinski definition) is 1. The second-order valence-corrected chi connectivity index (χ2v) is 17.2. The molecule has 0 saturated carbocycles.